The zero-order valence-corrected chi connectivity index (χ0v) is 12.1. The molecule has 0 spiro atoms. The zero-order valence-electron chi connectivity index (χ0n) is 10.5. The molecule has 1 aliphatic carbocycles. The highest BCUT2D eigenvalue weighted by atomic mass is 79.9. The number of halogens is 3. The predicted molar refractivity (Wildman–Crippen MR) is 72.4 cm³/mol. The maximum atomic E-state index is 12.2. The first-order valence-corrected chi connectivity index (χ1v) is 6.85. The lowest BCUT2D eigenvalue weighted by Gasteiger charge is -2.21. The quantitative estimate of drug-likeness (QED) is 0.904. The minimum absolute atomic E-state index is 0.0873. The van der Waals surface area contributed by atoms with E-state index in [1.54, 1.807) is 0 Å². The van der Waals surface area contributed by atoms with Gasteiger partial charge < -0.3 is 10.2 Å². The van der Waals surface area contributed by atoms with Crippen molar-refractivity contribution in [3.8, 4) is 0 Å². The number of hydrogen-bond donors (Lipinski definition) is 1. The van der Waals surface area contributed by atoms with Gasteiger partial charge in [0, 0.05) is 11.5 Å². The van der Waals surface area contributed by atoms with E-state index in [1.165, 1.54) is 12.6 Å². The van der Waals surface area contributed by atoms with Gasteiger partial charge in [-0.05, 0) is 36.1 Å². The van der Waals surface area contributed by atoms with Gasteiger partial charge in [-0.1, -0.05) is 22.0 Å². The Morgan fingerprint density at radius 3 is 3.00 bits per heavy atom. The van der Waals surface area contributed by atoms with Crippen molar-refractivity contribution in [1.29, 1.82) is 0 Å². The largest absolute Gasteiger partial charge is 0.331 e. The second-order valence-corrected chi connectivity index (χ2v) is 5.57. The summed E-state index contributed by atoms with van der Waals surface area (Å²) in [5.41, 5.74) is 2.26. The minimum atomic E-state index is -2.51. The average molecular weight is 333 g/mol. The van der Waals surface area contributed by atoms with Crippen LogP contribution in [0.1, 0.15) is 23.6 Å². The van der Waals surface area contributed by atoms with E-state index in [2.05, 4.69) is 21.2 Å². The molecular formula is C13H15BrF2N2O. The molecule has 1 aromatic rings. The van der Waals surface area contributed by atoms with Gasteiger partial charge in [0.2, 0.25) is 0 Å². The molecule has 2 rings (SSSR count). The summed E-state index contributed by atoms with van der Waals surface area (Å²) in [7, 11) is 1.37. The predicted octanol–water partition coefficient (Wildman–Crippen LogP) is 3.34. The summed E-state index contributed by atoms with van der Waals surface area (Å²) in [5, 5.41) is 2.80. The third-order valence-electron chi connectivity index (χ3n) is 3.24. The summed E-state index contributed by atoms with van der Waals surface area (Å²) >= 11 is 3.41. The molecule has 0 saturated heterocycles. The molecule has 0 radical (unpaired) electrons. The SMILES string of the molecule is CN(CC(F)F)C(=O)NC1CCc2cc(Br)ccc21. The van der Waals surface area contributed by atoms with E-state index in [4.69, 9.17) is 0 Å². The van der Waals surface area contributed by atoms with Gasteiger partial charge in [0.05, 0.1) is 12.6 Å². The van der Waals surface area contributed by atoms with E-state index in [-0.39, 0.29) is 6.04 Å². The number of aryl methyl sites for hydroxylation is 1. The van der Waals surface area contributed by atoms with Crippen molar-refractivity contribution in [1.82, 2.24) is 10.2 Å². The number of nitrogens with zero attached hydrogens (tertiary/aromatic N) is 1. The fourth-order valence-electron chi connectivity index (χ4n) is 2.29. The molecule has 0 bridgehead atoms. The van der Waals surface area contributed by atoms with Gasteiger partial charge in [-0.2, -0.15) is 0 Å². The van der Waals surface area contributed by atoms with Crippen LogP contribution in [-0.4, -0.2) is 30.9 Å². The fourth-order valence-corrected chi connectivity index (χ4v) is 2.69. The maximum Gasteiger partial charge on any atom is 0.317 e. The Morgan fingerprint density at radius 1 is 1.58 bits per heavy atom. The second kappa shape index (κ2) is 5.86. The molecule has 104 valence electrons. The highest BCUT2D eigenvalue weighted by Gasteiger charge is 2.25. The fraction of sp³-hybridized carbons (Fsp3) is 0.462. The third kappa shape index (κ3) is 3.43. The molecule has 1 N–H and O–H groups in total. The molecule has 0 heterocycles. The Hall–Kier alpha value is -1.17. The minimum Gasteiger partial charge on any atom is -0.331 e. The molecule has 3 nitrogen and oxygen atoms in total. The summed E-state index contributed by atoms with van der Waals surface area (Å²) in [5.74, 6) is 0. The Morgan fingerprint density at radius 2 is 2.32 bits per heavy atom. The highest BCUT2D eigenvalue weighted by Crippen LogP contribution is 2.32. The van der Waals surface area contributed by atoms with Gasteiger partial charge in [-0.25, -0.2) is 13.6 Å². The number of hydrogen-bond acceptors (Lipinski definition) is 1. The van der Waals surface area contributed by atoms with Gasteiger partial charge in [-0.15, -0.1) is 0 Å². The van der Waals surface area contributed by atoms with E-state index < -0.39 is 19.0 Å². The number of benzene rings is 1. The molecule has 19 heavy (non-hydrogen) atoms. The normalized spacial score (nSPS) is 17.4. The lowest BCUT2D eigenvalue weighted by molar-refractivity contribution is 0.107. The number of fused-ring (bicyclic) bond motifs is 1. The number of urea groups is 1. The van der Waals surface area contributed by atoms with E-state index >= 15 is 0 Å². The first-order valence-electron chi connectivity index (χ1n) is 6.05. The first-order chi connectivity index (χ1) is 8.97. The lowest BCUT2D eigenvalue weighted by Crippen LogP contribution is -2.41. The number of carbonyl (C=O) groups is 1. The van der Waals surface area contributed by atoms with Gasteiger partial charge >= 0.3 is 6.03 Å². The van der Waals surface area contributed by atoms with Crippen molar-refractivity contribution in [3.63, 3.8) is 0 Å². The monoisotopic (exact) mass is 332 g/mol. The molecule has 1 aromatic carbocycles. The molecule has 0 aliphatic heterocycles. The summed E-state index contributed by atoms with van der Waals surface area (Å²) in [6, 6.07) is 5.37. The molecule has 0 fully saturated rings. The standard InChI is InChI=1S/C13H15BrF2N2O/c1-18(7-12(15)16)13(19)17-11-5-2-8-6-9(14)3-4-10(8)11/h3-4,6,11-12H,2,5,7H2,1H3,(H,17,19). The van der Waals surface area contributed by atoms with Crippen LogP contribution in [0.2, 0.25) is 0 Å². The molecular weight excluding hydrogens is 318 g/mol. The smallest absolute Gasteiger partial charge is 0.317 e. The van der Waals surface area contributed by atoms with Crippen molar-refractivity contribution >= 4 is 22.0 Å². The van der Waals surface area contributed by atoms with Gasteiger partial charge in [0.15, 0.2) is 0 Å². The topological polar surface area (TPSA) is 32.3 Å². The van der Waals surface area contributed by atoms with Crippen molar-refractivity contribution < 1.29 is 13.6 Å². The van der Waals surface area contributed by atoms with E-state index in [0.29, 0.717) is 0 Å². The third-order valence-corrected chi connectivity index (χ3v) is 3.73. The van der Waals surface area contributed by atoms with E-state index in [9.17, 15) is 13.6 Å². The number of carbonyl (C=O) groups excluding carboxylic acids is 1. The summed E-state index contributed by atoms with van der Waals surface area (Å²) < 4.78 is 25.4. The number of amides is 2. The van der Waals surface area contributed by atoms with Gasteiger partial charge in [0.25, 0.3) is 6.43 Å². The Labute approximate surface area is 119 Å². The highest BCUT2D eigenvalue weighted by molar-refractivity contribution is 9.10. The van der Waals surface area contributed by atoms with Crippen molar-refractivity contribution in [3.05, 3.63) is 33.8 Å². The number of nitrogens with one attached hydrogen (secondary N) is 1. The Kier molecular flexibility index (Phi) is 4.39. The molecule has 0 saturated carbocycles. The average Bonchev–Trinajstić information content (AvgIpc) is 2.70. The second-order valence-electron chi connectivity index (χ2n) is 4.66. The van der Waals surface area contributed by atoms with Crippen molar-refractivity contribution in [2.75, 3.05) is 13.6 Å². The number of alkyl halides is 2. The maximum absolute atomic E-state index is 12.2. The van der Waals surface area contributed by atoms with Crippen LogP contribution in [-0.2, 0) is 6.42 Å². The molecule has 2 amide bonds. The Balaban J connectivity index is 2.01. The van der Waals surface area contributed by atoms with Gasteiger partial charge in [0.1, 0.15) is 0 Å². The summed E-state index contributed by atoms with van der Waals surface area (Å²) in [4.78, 5) is 12.8. The molecule has 1 unspecified atom stereocenters. The van der Waals surface area contributed by atoms with Crippen LogP contribution < -0.4 is 5.32 Å². The van der Waals surface area contributed by atoms with Gasteiger partial charge in [-0.3, -0.25) is 0 Å². The van der Waals surface area contributed by atoms with Crippen LogP contribution in [0.4, 0.5) is 13.6 Å². The van der Waals surface area contributed by atoms with Crippen LogP contribution >= 0.6 is 15.9 Å². The van der Waals surface area contributed by atoms with Crippen molar-refractivity contribution in [2.24, 2.45) is 0 Å². The van der Waals surface area contributed by atoms with Crippen LogP contribution in [0.15, 0.2) is 22.7 Å². The molecule has 1 atom stereocenters. The Bertz CT molecular complexity index is 482. The van der Waals surface area contributed by atoms with Crippen LogP contribution in [0.25, 0.3) is 0 Å². The van der Waals surface area contributed by atoms with Crippen molar-refractivity contribution in [2.45, 2.75) is 25.3 Å². The lowest BCUT2D eigenvalue weighted by atomic mass is 10.1. The van der Waals surface area contributed by atoms with Crippen LogP contribution in [0.5, 0.6) is 0 Å². The molecule has 6 heteroatoms. The summed E-state index contributed by atoms with van der Waals surface area (Å²) in [6.45, 7) is -0.550. The zero-order chi connectivity index (χ0) is 14.0. The molecule has 1 aliphatic rings. The summed E-state index contributed by atoms with van der Waals surface area (Å²) in [6.07, 6.45) is -0.819. The first kappa shape index (κ1) is 14.2. The molecule has 0 aromatic heterocycles. The van der Waals surface area contributed by atoms with Crippen LogP contribution in [0.3, 0.4) is 0 Å². The van der Waals surface area contributed by atoms with Crippen LogP contribution in [0, 0.1) is 0 Å². The van der Waals surface area contributed by atoms with E-state index in [1.807, 2.05) is 18.2 Å². The van der Waals surface area contributed by atoms with E-state index in [0.717, 1.165) is 27.8 Å². The number of rotatable bonds is 3.